The summed E-state index contributed by atoms with van der Waals surface area (Å²) >= 11 is 4.23. The van der Waals surface area contributed by atoms with Gasteiger partial charge < -0.3 is 5.32 Å². The molecule has 0 aliphatic rings. The first-order valence-electron chi connectivity index (χ1n) is 5.73. The molecule has 2 nitrogen and oxygen atoms in total. The standard InChI is InChI=1S/C15H15NOS/c1-10-6-11(2)8-13(7-10)16-15(17)12-4-3-5-14(18)9-12/h3-9,18H,1-2H3,(H,16,17). The van der Waals surface area contributed by atoms with Crippen molar-refractivity contribution in [1.82, 2.24) is 0 Å². The van der Waals surface area contributed by atoms with E-state index in [4.69, 9.17) is 0 Å². The van der Waals surface area contributed by atoms with Crippen LogP contribution in [0.5, 0.6) is 0 Å². The van der Waals surface area contributed by atoms with Gasteiger partial charge in [-0.15, -0.1) is 12.6 Å². The average Bonchev–Trinajstić information content (AvgIpc) is 2.27. The quantitative estimate of drug-likeness (QED) is 0.786. The molecule has 3 heteroatoms. The number of rotatable bonds is 2. The molecule has 0 atom stereocenters. The number of carbonyl (C=O) groups excluding carboxylic acids is 1. The summed E-state index contributed by atoms with van der Waals surface area (Å²) in [5.41, 5.74) is 3.70. The van der Waals surface area contributed by atoms with Gasteiger partial charge in [0.1, 0.15) is 0 Å². The second kappa shape index (κ2) is 5.27. The van der Waals surface area contributed by atoms with Crippen molar-refractivity contribution in [1.29, 1.82) is 0 Å². The topological polar surface area (TPSA) is 29.1 Å². The Labute approximate surface area is 112 Å². The highest BCUT2D eigenvalue weighted by Crippen LogP contribution is 2.16. The monoisotopic (exact) mass is 257 g/mol. The Morgan fingerprint density at radius 2 is 1.72 bits per heavy atom. The van der Waals surface area contributed by atoms with Crippen LogP contribution in [0, 0.1) is 13.8 Å². The van der Waals surface area contributed by atoms with Gasteiger partial charge in [0.2, 0.25) is 0 Å². The van der Waals surface area contributed by atoms with Gasteiger partial charge in [0, 0.05) is 16.1 Å². The molecular weight excluding hydrogens is 242 g/mol. The van der Waals surface area contributed by atoms with Crippen LogP contribution in [-0.2, 0) is 0 Å². The molecule has 0 aromatic heterocycles. The molecule has 0 saturated carbocycles. The van der Waals surface area contributed by atoms with Crippen molar-refractivity contribution in [2.75, 3.05) is 5.32 Å². The highest BCUT2D eigenvalue weighted by molar-refractivity contribution is 7.80. The Hall–Kier alpha value is -1.74. The number of amides is 1. The van der Waals surface area contributed by atoms with Crippen LogP contribution < -0.4 is 5.32 Å². The van der Waals surface area contributed by atoms with Crippen LogP contribution in [0.1, 0.15) is 21.5 Å². The molecule has 1 N–H and O–H groups in total. The minimum atomic E-state index is -0.115. The maximum Gasteiger partial charge on any atom is 0.255 e. The second-order valence-electron chi connectivity index (χ2n) is 4.38. The molecule has 0 fully saturated rings. The summed E-state index contributed by atoms with van der Waals surface area (Å²) in [6.45, 7) is 4.02. The van der Waals surface area contributed by atoms with Crippen LogP contribution in [0.15, 0.2) is 47.4 Å². The Balaban J connectivity index is 2.21. The molecule has 18 heavy (non-hydrogen) atoms. The number of thiol groups is 1. The number of nitrogens with one attached hydrogen (secondary N) is 1. The third-order valence-corrected chi connectivity index (χ3v) is 2.87. The van der Waals surface area contributed by atoms with Gasteiger partial charge >= 0.3 is 0 Å². The van der Waals surface area contributed by atoms with E-state index >= 15 is 0 Å². The summed E-state index contributed by atoms with van der Waals surface area (Å²) in [6, 6.07) is 13.2. The zero-order chi connectivity index (χ0) is 13.1. The lowest BCUT2D eigenvalue weighted by atomic mass is 10.1. The van der Waals surface area contributed by atoms with Crippen molar-refractivity contribution in [3.05, 3.63) is 59.2 Å². The van der Waals surface area contributed by atoms with E-state index in [2.05, 4.69) is 24.0 Å². The molecule has 0 aliphatic heterocycles. The van der Waals surface area contributed by atoms with E-state index in [1.807, 2.05) is 38.1 Å². The lowest BCUT2D eigenvalue weighted by Crippen LogP contribution is -2.12. The average molecular weight is 257 g/mol. The fourth-order valence-corrected chi connectivity index (χ4v) is 2.12. The number of hydrogen-bond donors (Lipinski definition) is 2. The van der Waals surface area contributed by atoms with E-state index in [1.54, 1.807) is 12.1 Å². The van der Waals surface area contributed by atoms with Crippen LogP contribution in [-0.4, -0.2) is 5.91 Å². The van der Waals surface area contributed by atoms with Crippen LogP contribution >= 0.6 is 12.6 Å². The SMILES string of the molecule is Cc1cc(C)cc(NC(=O)c2cccc(S)c2)c1. The lowest BCUT2D eigenvalue weighted by molar-refractivity contribution is 0.102. The third-order valence-electron chi connectivity index (χ3n) is 2.59. The minimum absolute atomic E-state index is 0.115. The van der Waals surface area contributed by atoms with E-state index < -0.39 is 0 Å². The Morgan fingerprint density at radius 3 is 2.33 bits per heavy atom. The molecular formula is C15H15NOS. The van der Waals surface area contributed by atoms with Crippen molar-refractivity contribution >= 4 is 24.2 Å². The van der Waals surface area contributed by atoms with E-state index in [-0.39, 0.29) is 5.91 Å². The van der Waals surface area contributed by atoms with Crippen molar-refractivity contribution in [3.8, 4) is 0 Å². The Bertz CT molecular complexity index is 573. The van der Waals surface area contributed by atoms with Crippen molar-refractivity contribution < 1.29 is 4.79 Å². The predicted octanol–water partition coefficient (Wildman–Crippen LogP) is 3.84. The van der Waals surface area contributed by atoms with E-state index in [9.17, 15) is 4.79 Å². The lowest BCUT2D eigenvalue weighted by Gasteiger charge is -2.08. The molecule has 2 rings (SSSR count). The van der Waals surface area contributed by atoms with Crippen LogP contribution in [0.4, 0.5) is 5.69 Å². The van der Waals surface area contributed by atoms with E-state index in [0.717, 1.165) is 21.7 Å². The zero-order valence-electron chi connectivity index (χ0n) is 10.4. The van der Waals surface area contributed by atoms with Gasteiger partial charge in [0.15, 0.2) is 0 Å². The molecule has 1 amide bonds. The molecule has 0 aliphatic carbocycles. The van der Waals surface area contributed by atoms with Gasteiger partial charge in [0.25, 0.3) is 5.91 Å². The molecule has 92 valence electrons. The summed E-state index contributed by atoms with van der Waals surface area (Å²) in [7, 11) is 0. The summed E-state index contributed by atoms with van der Waals surface area (Å²) in [5, 5.41) is 2.89. The molecule has 2 aromatic carbocycles. The van der Waals surface area contributed by atoms with Gasteiger partial charge in [-0.05, 0) is 55.3 Å². The summed E-state index contributed by atoms with van der Waals surface area (Å²) in [4.78, 5) is 12.8. The molecule has 0 spiro atoms. The maximum absolute atomic E-state index is 12.0. The van der Waals surface area contributed by atoms with Crippen LogP contribution in [0.25, 0.3) is 0 Å². The smallest absolute Gasteiger partial charge is 0.255 e. The van der Waals surface area contributed by atoms with E-state index in [0.29, 0.717) is 5.56 Å². The number of hydrogen-bond acceptors (Lipinski definition) is 2. The molecule has 0 heterocycles. The highest BCUT2D eigenvalue weighted by atomic mass is 32.1. The summed E-state index contributed by atoms with van der Waals surface area (Å²) < 4.78 is 0. The molecule has 2 aromatic rings. The first kappa shape index (κ1) is 12.7. The largest absolute Gasteiger partial charge is 0.322 e. The molecule has 0 bridgehead atoms. The van der Waals surface area contributed by atoms with Crippen molar-refractivity contribution in [2.45, 2.75) is 18.7 Å². The van der Waals surface area contributed by atoms with Crippen molar-refractivity contribution in [3.63, 3.8) is 0 Å². The zero-order valence-corrected chi connectivity index (χ0v) is 11.3. The maximum atomic E-state index is 12.0. The van der Waals surface area contributed by atoms with Gasteiger partial charge in [-0.3, -0.25) is 4.79 Å². The Kier molecular flexibility index (Phi) is 3.72. The number of carbonyl (C=O) groups is 1. The molecule has 0 radical (unpaired) electrons. The van der Waals surface area contributed by atoms with Gasteiger partial charge in [-0.2, -0.15) is 0 Å². The first-order valence-corrected chi connectivity index (χ1v) is 6.18. The highest BCUT2D eigenvalue weighted by Gasteiger charge is 2.06. The molecule has 0 unspecified atom stereocenters. The minimum Gasteiger partial charge on any atom is -0.322 e. The van der Waals surface area contributed by atoms with Crippen LogP contribution in [0.3, 0.4) is 0 Å². The molecule has 0 saturated heterocycles. The predicted molar refractivity (Wildman–Crippen MR) is 77.6 cm³/mol. The summed E-state index contributed by atoms with van der Waals surface area (Å²) in [5.74, 6) is -0.115. The fraction of sp³-hybridized carbons (Fsp3) is 0.133. The van der Waals surface area contributed by atoms with Gasteiger partial charge in [0.05, 0.1) is 0 Å². The van der Waals surface area contributed by atoms with Gasteiger partial charge in [-0.1, -0.05) is 12.1 Å². The first-order chi connectivity index (χ1) is 8.54. The number of benzene rings is 2. The Morgan fingerprint density at radius 1 is 1.06 bits per heavy atom. The number of aryl methyl sites for hydroxylation is 2. The third kappa shape index (κ3) is 3.14. The fourth-order valence-electron chi connectivity index (χ4n) is 1.90. The van der Waals surface area contributed by atoms with Crippen molar-refractivity contribution in [2.24, 2.45) is 0 Å². The van der Waals surface area contributed by atoms with Gasteiger partial charge in [-0.25, -0.2) is 0 Å². The normalized spacial score (nSPS) is 10.2. The van der Waals surface area contributed by atoms with Crippen LogP contribution in [0.2, 0.25) is 0 Å². The second-order valence-corrected chi connectivity index (χ2v) is 4.90. The number of anilines is 1. The summed E-state index contributed by atoms with van der Waals surface area (Å²) in [6.07, 6.45) is 0. The van der Waals surface area contributed by atoms with E-state index in [1.165, 1.54) is 0 Å².